The second-order valence-electron chi connectivity index (χ2n) is 5.68. The highest BCUT2D eigenvalue weighted by Crippen LogP contribution is 2.24. The fraction of sp³-hybridized carbons (Fsp3) is 0.412. The summed E-state index contributed by atoms with van der Waals surface area (Å²) in [6, 6.07) is 6.64. The Morgan fingerprint density at radius 2 is 1.73 bits per heavy atom. The Morgan fingerprint density at radius 3 is 2.45 bits per heavy atom. The molecule has 2 aromatic rings. The van der Waals surface area contributed by atoms with Gasteiger partial charge in [0.05, 0.1) is 19.5 Å². The predicted molar refractivity (Wildman–Crippen MR) is 88.9 cm³/mol. The maximum Gasteiger partial charge on any atom is 0.233 e. The summed E-state index contributed by atoms with van der Waals surface area (Å²) in [5.41, 5.74) is 3.98. The molecule has 0 aliphatic carbocycles. The molecule has 116 valence electrons. The molecule has 0 saturated carbocycles. The number of rotatable bonds is 3. The summed E-state index contributed by atoms with van der Waals surface area (Å²) in [6.45, 7) is 8.18. The van der Waals surface area contributed by atoms with Crippen LogP contribution in [0.2, 0.25) is 0 Å². The Labute approximate surface area is 131 Å². The van der Waals surface area contributed by atoms with Crippen LogP contribution in [0.4, 0.5) is 11.5 Å². The summed E-state index contributed by atoms with van der Waals surface area (Å²) in [5.74, 6) is 1.45. The van der Waals surface area contributed by atoms with Gasteiger partial charge in [-0.25, -0.2) is 0 Å². The quantitative estimate of drug-likeness (QED) is 0.870. The number of aromatic nitrogens is 2. The molecule has 3 rings (SSSR count). The average molecular weight is 298 g/mol. The summed E-state index contributed by atoms with van der Waals surface area (Å²) in [5, 5.41) is 0. The molecule has 0 unspecified atom stereocenters. The Kier molecular flexibility index (Phi) is 4.13. The van der Waals surface area contributed by atoms with Crippen molar-refractivity contribution in [3.8, 4) is 5.88 Å². The first kappa shape index (κ1) is 14.6. The molecular formula is C17H22N4O. The number of anilines is 2. The number of hydrogen-bond acceptors (Lipinski definition) is 5. The van der Waals surface area contributed by atoms with Crippen LogP contribution in [0, 0.1) is 13.8 Å². The second kappa shape index (κ2) is 6.22. The van der Waals surface area contributed by atoms with Gasteiger partial charge in [0.25, 0.3) is 0 Å². The highest BCUT2D eigenvalue weighted by molar-refractivity contribution is 5.56. The van der Waals surface area contributed by atoms with E-state index in [-0.39, 0.29) is 0 Å². The molecule has 1 fully saturated rings. The van der Waals surface area contributed by atoms with E-state index in [1.54, 1.807) is 19.5 Å². The Morgan fingerprint density at radius 1 is 1.00 bits per heavy atom. The van der Waals surface area contributed by atoms with Gasteiger partial charge >= 0.3 is 0 Å². The van der Waals surface area contributed by atoms with Gasteiger partial charge in [-0.15, -0.1) is 0 Å². The van der Waals surface area contributed by atoms with Crippen LogP contribution >= 0.6 is 0 Å². The summed E-state index contributed by atoms with van der Waals surface area (Å²) < 4.78 is 5.15. The van der Waals surface area contributed by atoms with E-state index in [0.29, 0.717) is 5.88 Å². The molecule has 1 saturated heterocycles. The zero-order chi connectivity index (χ0) is 15.5. The van der Waals surface area contributed by atoms with Crippen molar-refractivity contribution in [2.45, 2.75) is 13.8 Å². The summed E-state index contributed by atoms with van der Waals surface area (Å²) >= 11 is 0. The van der Waals surface area contributed by atoms with Gasteiger partial charge in [0.1, 0.15) is 0 Å². The van der Waals surface area contributed by atoms with Gasteiger partial charge < -0.3 is 14.5 Å². The SMILES string of the molecule is COc1cncc(N2CCN(c3cc(C)ccc3C)CC2)n1. The Bertz CT molecular complexity index is 651. The minimum Gasteiger partial charge on any atom is -0.480 e. The van der Waals surface area contributed by atoms with Gasteiger partial charge in [0.2, 0.25) is 5.88 Å². The Hall–Kier alpha value is -2.30. The van der Waals surface area contributed by atoms with Gasteiger partial charge in [-0.05, 0) is 31.0 Å². The molecule has 1 aromatic carbocycles. The molecule has 1 aliphatic heterocycles. The molecule has 1 aliphatic rings. The molecule has 0 N–H and O–H groups in total. The van der Waals surface area contributed by atoms with Crippen LogP contribution < -0.4 is 14.5 Å². The molecule has 0 spiro atoms. The molecule has 5 heteroatoms. The predicted octanol–water partition coefficient (Wildman–Crippen LogP) is 2.43. The van der Waals surface area contributed by atoms with Gasteiger partial charge in [0.15, 0.2) is 5.82 Å². The smallest absolute Gasteiger partial charge is 0.233 e. The standard InChI is InChI=1S/C17H22N4O/c1-13-4-5-14(2)15(10-13)20-6-8-21(9-7-20)16-11-18-12-17(19-16)22-3/h4-5,10-12H,6-9H2,1-3H3. The fourth-order valence-corrected chi connectivity index (χ4v) is 2.83. The molecule has 5 nitrogen and oxygen atoms in total. The first-order valence-electron chi connectivity index (χ1n) is 7.60. The van der Waals surface area contributed by atoms with Crippen molar-refractivity contribution < 1.29 is 4.74 Å². The van der Waals surface area contributed by atoms with E-state index in [1.807, 2.05) is 0 Å². The third-order valence-electron chi connectivity index (χ3n) is 4.12. The second-order valence-corrected chi connectivity index (χ2v) is 5.68. The lowest BCUT2D eigenvalue weighted by Gasteiger charge is -2.37. The number of ether oxygens (including phenoxy) is 1. The molecule has 2 heterocycles. The van der Waals surface area contributed by atoms with Crippen molar-refractivity contribution in [3.63, 3.8) is 0 Å². The van der Waals surface area contributed by atoms with E-state index < -0.39 is 0 Å². The van der Waals surface area contributed by atoms with Crippen LogP contribution in [-0.4, -0.2) is 43.3 Å². The molecule has 0 amide bonds. The first-order valence-corrected chi connectivity index (χ1v) is 7.60. The van der Waals surface area contributed by atoms with Crippen molar-refractivity contribution >= 4 is 11.5 Å². The molecule has 0 radical (unpaired) electrons. The zero-order valence-corrected chi connectivity index (χ0v) is 13.4. The lowest BCUT2D eigenvalue weighted by atomic mass is 10.1. The van der Waals surface area contributed by atoms with Crippen LogP contribution in [0.5, 0.6) is 5.88 Å². The minimum atomic E-state index is 0.564. The Balaban J connectivity index is 1.71. The monoisotopic (exact) mass is 298 g/mol. The summed E-state index contributed by atoms with van der Waals surface area (Å²) in [4.78, 5) is 13.4. The van der Waals surface area contributed by atoms with Crippen molar-refractivity contribution in [2.75, 3.05) is 43.1 Å². The fourth-order valence-electron chi connectivity index (χ4n) is 2.83. The lowest BCUT2D eigenvalue weighted by molar-refractivity contribution is 0.395. The number of methoxy groups -OCH3 is 1. The van der Waals surface area contributed by atoms with Crippen LogP contribution in [0.15, 0.2) is 30.6 Å². The van der Waals surface area contributed by atoms with Gasteiger partial charge in [-0.3, -0.25) is 4.98 Å². The highest BCUT2D eigenvalue weighted by Gasteiger charge is 2.20. The molecular weight excluding hydrogens is 276 g/mol. The van der Waals surface area contributed by atoms with Gasteiger partial charge in [-0.1, -0.05) is 12.1 Å². The van der Waals surface area contributed by atoms with E-state index in [2.05, 4.69) is 51.8 Å². The summed E-state index contributed by atoms with van der Waals surface area (Å²) in [7, 11) is 1.62. The van der Waals surface area contributed by atoms with E-state index in [0.717, 1.165) is 32.0 Å². The summed E-state index contributed by atoms with van der Waals surface area (Å²) in [6.07, 6.45) is 3.44. The van der Waals surface area contributed by atoms with Crippen molar-refractivity contribution in [1.29, 1.82) is 0 Å². The molecule has 22 heavy (non-hydrogen) atoms. The maximum atomic E-state index is 5.15. The van der Waals surface area contributed by atoms with Crippen LogP contribution in [0.25, 0.3) is 0 Å². The third-order valence-corrected chi connectivity index (χ3v) is 4.12. The molecule has 1 aromatic heterocycles. The lowest BCUT2D eigenvalue weighted by Crippen LogP contribution is -2.47. The molecule has 0 bridgehead atoms. The van der Waals surface area contributed by atoms with Crippen molar-refractivity contribution in [3.05, 3.63) is 41.7 Å². The number of benzene rings is 1. The largest absolute Gasteiger partial charge is 0.480 e. The van der Waals surface area contributed by atoms with Crippen molar-refractivity contribution in [1.82, 2.24) is 9.97 Å². The first-order chi connectivity index (χ1) is 10.7. The van der Waals surface area contributed by atoms with E-state index >= 15 is 0 Å². The zero-order valence-electron chi connectivity index (χ0n) is 13.4. The number of nitrogens with zero attached hydrogens (tertiary/aromatic N) is 4. The number of piperazine rings is 1. The van der Waals surface area contributed by atoms with E-state index in [9.17, 15) is 0 Å². The van der Waals surface area contributed by atoms with Crippen LogP contribution in [-0.2, 0) is 0 Å². The van der Waals surface area contributed by atoms with Crippen LogP contribution in [0.3, 0.4) is 0 Å². The number of hydrogen-bond donors (Lipinski definition) is 0. The van der Waals surface area contributed by atoms with E-state index in [1.165, 1.54) is 16.8 Å². The third kappa shape index (κ3) is 2.98. The van der Waals surface area contributed by atoms with Gasteiger partial charge in [0, 0.05) is 31.9 Å². The average Bonchev–Trinajstić information content (AvgIpc) is 2.57. The van der Waals surface area contributed by atoms with E-state index in [4.69, 9.17) is 4.74 Å². The minimum absolute atomic E-state index is 0.564. The molecule has 0 atom stereocenters. The maximum absolute atomic E-state index is 5.15. The van der Waals surface area contributed by atoms with Gasteiger partial charge in [-0.2, -0.15) is 4.98 Å². The number of aryl methyl sites for hydroxylation is 2. The highest BCUT2D eigenvalue weighted by atomic mass is 16.5. The van der Waals surface area contributed by atoms with Crippen LogP contribution in [0.1, 0.15) is 11.1 Å². The normalized spacial score (nSPS) is 15.0. The van der Waals surface area contributed by atoms with Crippen molar-refractivity contribution in [2.24, 2.45) is 0 Å². The topological polar surface area (TPSA) is 41.5 Å².